The summed E-state index contributed by atoms with van der Waals surface area (Å²) in [6, 6.07) is 9.77. The van der Waals surface area contributed by atoms with Gasteiger partial charge in [0.15, 0.2) is 0 Å². The normalized spacial score (nSPS) is 10.1. The predicted molar refractivity (Wildman–Crippen MR) is 66.0 cm³/mol. The van der Waals surface area contributed by atoms with Gasteiger partial charge in [-0.15, -0.1) is 0 Å². The Bertz CT molecular complexity index is 427. The smallest absolute Gasteiger partial charge is 0.309 e. The monoisotopic (exact) mass is 229 g/mol. The molecule has 1 aromatic rings. The lowest BCUT2D eigenvalue weighted by Crippen LogP contribution is -2.01. The number of rotatable bonds is 5. The van der Waals surface area contributed by atoms with Crippen LogP contribution >= 0.6 is 0 Å². The molecule has 0 saturated carbocycles. The van der Waals surface area contributed by atoms with E-state index in [1.54, 1.807) is 13.0 Å². The van der Waals surface area contributed by atoms with Crippen LogP contribution in [0.25, 0.3) is 6.08 Å². The molecule has 3 heteroatoms. The van der Waals surface area contributed by atoms with Crippen molar-refractivity contribution in [2.24, 2.45) is 0 Å². The summed E-state index contributed by atoms with van der Waals surface area (Å²) in [6.45, 7) is 2.20. The van der Waals surface area contributed by atoms with Crippen molar-refractivity contribution in [2.45, 2.75) is 19.8 Å². The molecule has 0 heterocycles. The zero-order valence-electron chi connectivity index (χ0n) is 9.85. The summed E-state index contributed by atoms with van der Waals surface area (Å²) < 4.78 is 4.80. The molecule has 0 aliphatic heterocycles. The summed E-state index contributed by atoms with van der Waals surface area (Å²) in [4.78, 5) is 11.1. The van der Waals surface area contributed by atoms with Crippen LogP contribution in [-0.4, -0.2) is 12.6 Å². The number of ether oxygens (including phenoxy) is 1. The Morgan fingerprint density at radius 2 is 2.12 bits per heavy atom. The highest BCUT2D eigenvalue weighted by molar-refractivity contribution is 5.72. The van der Waals surface area contributed by atoms with E-state index in [-0.39, 0.29) is 12.4 Å². The first kappa shape index (κ1) is 13.0. The Kier molecular flexibility index (Phi) is 5.53. The van der Waals surface area contributed by atoms with Crippen molar-refractivity contribution in [1.82, 2.24) is 0 Å². The molecule has 0 atom stereocenters. The lowest BCUT2D eigenvalue weighted by molar-refractivity contribution is -0.142. The highest BCUT2D eigenvalue weighted by atomic mass is 16.5. The molecule has 1 rings (SSSR count). The summed E-state index contributed by atoms with van der Waals surface area (Å²) in [5, 5.41) is 8.53. The maximum Gasteiger partial charge on any atom is 0.309 e. The minimum absolute atomic E-state index is 0.218. The number of hydrogen-bond acceptors (Lipinski definition) is 3. The summed E-state index contributed by atoms with van der Waals surface area (Å²) in [7, 11) is 0. The van der Waals surface area contributed by atoms with Gasteiger partial charge in [-0.1, -0.05) is 36.4 Å². The molecule has 3 nitrogen and oxygen atoms in total. The van der Waals surface area contributed by atoms with Gasteiger partial charge in [0.25, 0.3) is 0 Å². The first-order chi connectivity index (χ1) is 8.26. The fraction of sp³-hybridized carbons (Fsp3) is 0.286. The third kappa shape index (κ3) is 4.98. The zero-order chi connectivity index (χ0) is 12.5. The van der Waals surface area contributed by atoms with Crippen molar-refractivity contribution in [2.75, 3.05) is 6.61 Å². The van der Waals surface area contributed by atoms with Gasteiger partial charge in [-0.25, -0.2) is 0 Å². The molecule has 88 valence electrons. The van der Waals surface area contributed by atoms with Crippen molar-refractivity contribution < 1.29 is 9.53 Å². The predicted octanol–water partition coefficient (Wildman–Crippen LogP) is 2.72. The first-order valence-corrected chi connectivity index (χ1v) is 5.54. The summed E-state index contributed by atoms with van der Waals surface area (Å²) in [5.41, 5.74) is 2.01. The topological polar surface area (TPSA) is 50.1 Å². The molecule has 0 fully saturated rings. The average molecular weight is 229 g/mol. The van der Waals surface area contributed by atoms with Crippen molar-refractivity contribution in [3.63, 3.8) is 0 Å². The highest BCUT2D eigenvalue weighted by Crippen LogP contribution is 2.07. The molecule has 0 saturated heterocycles. The molecule has 0 radical (unpaired) electrons. The second-order valence-corrected chi connectivity index (χ2v) is 3.49. The third-order valence-corrected chi connectivity index (χ3v) is 2.16. The molecule has 0 aromatic heterocycles. The van der Waals surface area contributed by atoms with Gasteiger partial charge >= 0.3 is 5.97 Å². The van der Waals surface area contributed by atoms with Crippen LogP contribution in [0.5, 0.6) is 0 Å². The second-order valence-electron chi connectivity index (χ2n) is 3.49. The highest BCUT2D eigenvalue weighted by Gasteiger charge is 1.96. The molecule has 0 amide bonds. The largest absolute Gasteiger partial charge is 0.466 e. The van der Waals surface area contributed by atoms with Crippen LogP contribution in [0.2, 0.25) is 0 Å². The van der Waals surface area contributed by atoms with E-state index in [0.29, 0.717) is 13.0 Å². The Morgan fingerprint density at radius 3 is 2.71 bits per heavy atom. The van der Waals surface area contributed by atoms with Gasteiger partial charge in [-0.05, 0) is 18.1 Å². The van der Waals surface area contributed by atoms with E-state index in [2.05, 4.69) is 6.07 Å². The van der Waals surface area contributed by atoms with Gasteiger partial charge in [0.1, 0.15) is 0 Å². The number of carbonyl (C=O) groups excluding carboxylic acids is 1. The van der Waals surface area contributed by atoms with Crippen molar-refractivity contribution >= 4 is 12.0 Å². The van der Waals surface area contributed by atoms with Crippen molar-refractivity contribution in [3.05, 3.63) is 41.5 Å². The maximum atomic E-state index is 11.1. The van der Waals surface area contributed by atoms with E-state index < -0.39 is 0 Å². The van der Waals surface area contributed by atoms with E-state index in [9.17, 15) is 4.79 Å². The number of nitrogens with zero attached hydrogens (tertiary/aromatic N) is 1. The van der Waals surface area contributed by atoms with Gasteiger partial charge in [0.2, 0.25) is 0 Å². The van der Waals surface area contributed by atoms with Crippen LogP contribution < -0.4 is 0 Å². The Morgan fingerprint density at radius 1 is 1.41 bits per heavy atom. The van der Waals surface area contributed by atoms with E-state index in [1.165, 1.54) is 0 Å². The SMILES string of the molecule is CCOC(=O)CC=Cc1ccc(CC#N)cc1. The van der Waals surface area contributed by atoms with Crippen LogP contribution in [0.3, 0.4) is 0 Å². The second kappa shape index (κ2) is 7.24. The van der Waals surface area contributed by atoms with Crippen LogP contribution in [0, 0.1) is 11.3 Å². The molecule has 0 unspecified atom stereocenters. The summed E-state index contributed by atoms with van der Waals surface area (Å²) in [6.07, 6.45) is 4.35. The standard InChI is InChI=1S/C14H15NO2/c1-2-17-14(16)5-3-4-12-6-8-13(9-7-12)10-11-15/h3-4,6-9H,2,5,10H2,1H3. The molecule has 17 heavy (non-hydrogen) atoms. The van der Waals surface area contributed by atoms with E-state index in [1.807, 2.05) is 30.3 Å². The molecular formula is C14H15NO2. The molecule has 0 N–H and O–H groups in total. The van der Waals surface area contributed by atoms with Crippen LogP contribution in [0.4, 0.5) is 0 Å². The number of carbonyl (C=O) groups is 1. The van der Waals surface area contributed by atoms with Crippen LogP contribution in [0.1, 0.15) is 24.5 Å². The van der Waals surface area contributed by atoms with Gasteiger partial charge in [-0.2, -0.15) is 5.26 Å². The fourth-order valence-electron chi connectivity index (χ4n) is 1.35. The third-order valence-electron chi connectivity index (χ3n) is 2.16. The van der Waals surface area contributed by atoms with Gasteiger partial charge < -0.3 is 4.74 Å². The molecule has 0 aliphatic rings. The van der Waals surface area contributed by atoms with Crippen molar-refractivity contribution in [3.8, 4) is 6.07 Å². The Labute approximate surface area is 101 Å². The lowest BCUT2D eigenvalue weighted by atomic mass is 10.1. The van der Waals surface area contributed by atoms with Gasteiger partial charge in [0, 0.05) is 0 Å². The van der Waals surface area contributed by atoms with Crippen LogP contribution in [-0.2, 0) is 16.0 Å². The summed E-state index contributed by atoms with van der Waals surface area (Å²) >= 11 is 0. The Hall–Kier alpha value is -2.08. The maximum absolute atomic E-state index is 11.1. The number of hydrogen-bond donors (Lipinski definition) is 0. The fourth-order valence-corrected chi connectivity index (χ4v) is 1.35. The van der Waals surface area contributed by atoms with Gasteiger partial charge in [-0.3, -0.25) is 4.79 Å². The molecule has 1 aromatic carbocycles. The Balaban J connectivity index is 2.49. The lowest BCUT2D eigenvalue weighted by Gasteiger charge is -1.98. The van der Waals surface area contributed by atoms with E-state index >= 15 is 0 Å². The number of nitriles is 1. The van der Waals surface area contributed by atoms with Crippen molar-refractivity contribution in [1.29, 1.82) is 5.26 Å². The molecule has 0 aliphatic carbocycles. The molecular weight excluding hydrogens is 214 g/mol. The first-order valence-electron chi connectivity index (χ1n) is 5.54. The number of benzene rings is 1. The summed E-state index contributed by atoms with van der Waals surface area (Å²) in [5.74, 6) is -0.218. The van der Waals surface area contributed by atoms with Gasteiger partial charge in [0.05, 0.1) is 25.5 Å². The molecule has 0 spiro atoms. The quantitative estimate of drug-likeness (QED) is 0.729. The minimum Gasteiger partial charge on any atom is -0.466 e. The minimum atomic E-state index is -0.218. The average Bonchev–Trinajstić information content (AvgIpc) is 2.32. The van der Waals surface area contributed by atoms with E-state index in [4.69, 9.17) is 10.00 Å². The van der Waals surface area contributed by atoms with Crippen LogP contribution in [0.15, 0.2) is 30.3 Å². The zero-order valence-corrected chi connectivity index (χ0v) is 9.85. The van der Waals surface area contributed by atoms with E-state index in [0.717, 1.165) is 11.1 Å². The molecule has 0 bridgehead atoms. The number of esters is 1.